The Morgan fingerprint density at radius 2 is 0.967 bits per heavy atom. The lowest BCUT2D eigenvalue weighted by molar-refractivity contribution is 1.54. The first-order valence-corrected chi connectivity index (χ1v) is 20.8. The Balaban J connectivity index is 1.22. The molecule has 0 amide bonds. The molecule has 0 N–H and O–H groups in total. The first kappa shape index (κ1) is 38.0. The molecule has 9 aromatic rings. The van der Waals surface area contributed by atoms with Crippen molar-refractivity contribution < 1.29 is 0 Å². The standard InChI is InChI=1S/C60H46/c1-4-7-9-22-52-41-59(56-27-14-15-28-57(56)60(52)46-20-10-8-11-21-46)58-40-50(36-37-55(58)51-35-30-42(6-3)47(39-51)18-5-2)49-25-16-24-48(38-49)43-31-33-45(34-32-43)54-29-17-23-44-19-12-13-26-53(44)54/h4-41H,3H2,1-2H3/b7-4-,18-5-,22-9-. The van der Waals surface area contributed by atoms with Crippen LogP contribution in [0.5, 0.6) is 0 Å². The SMILES string of the molecule is C=Cc1ccc(-c2ccc(-c3cccc(-c4ccc(-c5cccc6ccccc56)cc4)c3)cc2-c2cc(/C=C\C=C/C)c(-c3ccccc3)c3ccccc23)cc1/C=C\C. The molecule has 0 radical (unpaired) electrons. The highest BCUT2D eigenvalue weighted by Gasteiger charge is 2.18. The van der Waals surface area contributed by atoms with Gasteiger partial charge in [0, 0.05) is 0 Å². The van der Waals surface area contributed by atoms with E-state index in [9.17, 15) is 0 Å². The number of fused-ring (bicyclic) bond motifs is 2. The molecule has 0 fully saturated rings. The van der Waals surface area contributed by atoms with Crippen molar-refractivity contribution in [1.29, 1.82) is 0 Å². The molecule has 9 rings (SSSR count). The van der Waals surface area contributed by atoms with Crippen LogP contribution in [0.25, 0.3) is 107 Å². The third-order valence-electron chi connectivity index (χ3n) is 11.5. The summed E-state index contributed by atoms with van der Waals surface area (Å²) >= 11 is 0. The zero-order chi connectivity index (χ0) is 40.8. The molecule has 0 aliphatic rings. The van der Waals surface area contributed by atoms with Gasteiger partial charge >= 0.3 is 0 Å². The zero-order valence-electron chi connectivity index (χ0n) is 34.1. The second kappa shape index (κ2) is 17.1. The summed E-state index contributed by atoms with van der Waals surface area (Å²) in [5.74, 6) is 0. The fourth-order valence-corrected chi connectivity index (χ4v) is 8.60. The highest BCUT2D eigenvalue weighted by Crippen LogP contribution is 2.44. The van der Waals surface area contributed by atoms with Crippen LogP contribution in [0.3, 0.4) is 0 Å². The monoisotopic (exact) mass is 766 g/mol. The van der Waals surface area contributed by atoms with E-state index in [2.05, 4.69) is 245 Å². The molecule has 0 unspecified atom stereocenters. The number of benzene rings is 9. The summed E-state index contributed by atoms with van der Waals surface area (Å²) < 4.78 is 0. The third-order valence-corrected chi connectivity index (χ3v) is 11.5. The van der Waals surface area contributed by atoms with E-state index in [4.69, 9.17) is 0 Å². The van der Waals surface area contributed by atoms with Crippen LogP contribution in [-0.2, 0) is 0 Å². The van der Waals surface area contributed by atoms with E-state index in [1.807, 2.05) is 6.08 Å². The first-order valence-electron chi connectivity index (χ1n) is 20.8. The second-order valence-corrected chi connectivity index (χ2v) is 15.2. The van der Waals surface area contributed by atoms with E-state index in [1.54, 1.807) is 0 Å². The fraction of sp³-hybridized carbons (Fsp3) is 0.0333. The first-order chi connectivity index (χ1) is 29.6. The Bertz CT molecular complexity index is 3090. The minimum Gasteiger partial charge on any atom is -0.0984 e. The molecule has 0 spiro atoms. The van der Waals surface area contributed by atoms with Crippen molar-refractivity contribution in [2.45, 2.75) is 13.8 Å². The van der Waals surface area contributed by atoms with Crippen molar-refractivity contribution >= 4 is 39.8 Å². The number of hydrogen-bond donors (Lipinski definition) is 0. The van der Waals surface area contributed by atoms with Crippen LogP contribution in [0.15, 0.2) is 219 Å². The molecule has 60 heavy (non-hydrogen) atoms. The molecule has 0 saturated carbocycles. The van der Waals surface area contributed by atoms with Crippen LogP contribution in [-0.4, -0.2) is 0 Å². The molecule has 0 aliphatic heterocycles. The molecule has 0 aliphatic carbocycles. The number of rotatable bonds is 10. The van der Waals surface area contributed by atoms with E-state index < -0.39 is 0 Å². The molecular formula is C60H46. The van der Waals surface area contributed by atoms with Crippen LogP contribution < -0.4 is 0 Å². The minimum atomic E-state index is 1.12. The van der Waals surface area contributed by atoms with Crippen molar-refractivity contribution in [3.63, 3.8) is 0 Å². The van der Waals surface area contributed by atoms with Crippen molar-refractivity contribution in [2.75, 3.05) is 0 Å². The summed E-state index contributed by atoms with van der Waals surface area (Å²) in [5, 5.41) is 4.97. The van der Waals surface area contributed by atoms with Gasteiger partial charge < -0.3 is 0 Å². The molecule has 286 valence electrons. The molecule has 0 bridgehead atoms. The van der Waals surface area contributed by atoms with Gasteiger partial charge in [-0.1, -0.05) is 213 Å². The quantitative estimate of drug-likeness (QED) is 0.122. The lowest BCUT2D eigenvalue weighted by atomic mass is 9.84. The predicted octanol–water partition coefficient (Wildman–Crippen LogP) is 17.3. The Hall–Kier alpha value is -7.54. The molecular weight excluding hydrogens is 721 g/mol. The van der Waals surface area contributed by atoms with Crippen molar-refractivity contribution in [2.24, 2.45) is 0 Å². The van der Waals surface area contributed by atoms with Gasteiger partial charge in [0.1, 0.15) is 0 Å². The average Bonchev–Trinajstić information content (AvgIpc) is 3.31. The lowest BCUT2D eigenvalue weighted by Gasteiger charge is -2.20. The Morgan fingerprint density at radius 3 is 1.75 bits per heavy atom. The fourth-order valence-electron chi connectivity index (χ4n) is 8.60. The Morgan fingerprint density at radius 1 is 0.333 bits per heavy atom. The van der Waals surface area contributed by atoms with Crippen molar-refractivity contribution in [3.8, 4) is 66.8 Å². The van der Waals surface area contributed by atoms with Gasteiger partial charge in [0.05, 0.1) is 0 Å². The van der Waals surface area contributed by atoms with Gasteiger partial charge in [-0.25, -0.2) is 0 Å². The second-order valence-electron chi connectivity index (χ2n) is 15.2. The van der Waals surface area contributed by atoms with Gasteiger partial charge in [0.15, 0.2) is 0 Å². The van der Waals surface area contributed by atoms with Gasteiger partial charge in [-0.3, -0.25) is 0 Å². The topological polar surface area (TPSA) is 0 Å². The van der Waals surface area contributed by atoms with Crippen LogP contribution in [0, 0.1) is 0 Å². The van der Waals surface area contributed by atoms with Gasteiger partial charge in [0.25, 0.3) is 0 Å². The van der Waals surface area contributed by atoms with Gasteiger partial charge in [-0.15, -0.1) is 0 Å². The van der Waals surface area contributed by atoms with Gasteiger partial charge in [0.2, 0.25) is 0 Å². The highest BCUT2D eigenvalue weighted by atomic mass is 14.2. The zero-order valence-corrected chi connectivity index (χ0v) is 34.1. The van der Waals surface area contributed by atoms with Crippen molar-refractivity contribution in [3.05, 3.63) is 236 Å². The molecule has 0 heteroatoms. The van der Waals surface area contributed by atoms with Crippen LogP contribution in [0.1, 0.15) is 30.5 Å². The predicted molar refractivity (Wildman–Crippen MR) is 263 cm³/mol. The highest BCUT2D eigenvalue weighted by molar-refractivity contribution is 6.10. The van der Waals surface area contributed by atoms with Gasteiger partial charge in [-0.05, 0) is 143 Å². The average molecular weight is 767 g/mol. The van der Waals surface area contributed by atoms with E-state index in [-0.39, 0.29) is 0 Å². The molecule has 9 aromatic carbocycles. The maximum absolute atomic E-state index is 4.11. The Kier molecular flexibility index (Phi) is 10.8. The Labute approximate surface area is 354 Å². The van der Waals surface area contributed by atoms with Gasteiger partial charge in [-0.2, -0.15) is 0 Å². The summed E-state index contributed by atoms with van der Waals surface area (Å²) in [6.07, 6.45) is 14.8. The number of hydrogen-bond acceptors (Lipinski definition) is 0. The van der Waals surface area contributed by atoms with E-state index in [0.29, 0.717) is 0 Å². The maximum atomic E-state index is 4.11. The van der Waals surface area contributed by atoms with Crippen LogP contribution in [0.4, 0.5) is 0 Å². The smallest absolute Gasteiger partial charge is 0.00324 e. The maximum Gasteiger partial charge on any atom is -0.00324 e. The molecule has 0 saturated heterocycles. The third kappa shape index (κ3) is 7.48. The van der Waals surface area contributed by atoms with E-state index in [0.717, 1.165) is 16.7 Å². The summed E-state index contributed by atoms with van der Waals surface area (Å²) in [6.45, 7) is 8.23. The molecule has 0 nitrogen and oxygen atoms in total. The molecule has 0 atom stereocenters. The summed E-state index contributed by atoms with van der Waals surface area (Å²) in [6, 6.07) is 68.9. The lowest BCUT2D eigenvalue weighted by Crippen LogP contribution is -1.94. The molecule has 0 heterocycles. The van der Waals surface area contributed by atoms with Crippen molar-refractivity contribution in [1.82, 2.24) is 0 Å². The normalized spacial score (nSPS) is 11.7. The number of allylic oxidation sites excluding steroid dienone is 4. The minimum absolute atomic E-state index is 1.12. The van der Waals surface area contributed by atoms with Crippen LogP contribution in [0.2, 0.25) is 0 Å². The molecule has 0 aromatic heterocycles. The van der Waals surface area contributed by atoms with E-state index >= 15 is 0 Å². The largest absolute Gasteiger partial charge is 0.0984 e. The van der Waals surface area contributed by atoms with E-state index in [1.165, 1.54) is 88.3 Å². The summed E-state index contributed by atoms with van der Waals surface area (Å²) in [7, 11) is 0. The van der Waals surface area contributed by atoms with Crippen LogP contribution >= 0.6 is 0 Å². The summed E-state index contributed by atoms with van der Waals surface area (Å²) in [5.41, 5.74) is 17.8. The summed E-state index contributed by atoms with van der Waals surface area (Å²) in [4.78, 5) is 0.